The molecule has 1 aliphatic rings. The molecule has 5 nitrogen and oxygen atoms in total. The fraction of sp³-hybridized carbons (Fsp3) is 0.400. The fourth-order valence-corrected chi connectivity index (χ4v) is 3.90. The molecule has 2 heterocycles. The van der Waals surface area contributed by atoms with Gasteiger partial charge in [-0.3, -0.25) is 4.79 Å². The fourth-order valence-electron chi connectivity index (χ4n) is 3.90. The molecule has 1 amide bonds. The lowest BCUT2D eigenvalue weighted by Gasteiger charge is -2.34. The van der Waals surface area contributed by atoms with Gasteiger partial charge in [0.15, 0.2) is 0 Å². The van der Waals surface area contributed by atoms with Gasteiger partial charge in [-0.2, -0.15) is 0 Å². The molecule has 1 atom stereocenters. The molecule has 25 heavy (non-hydrogen) atoms. The van der Waals surface area contributed by atoms with Crippen LogP contribution < -0.4 is 0 Å². The van der Waals surface area contributed by atoms with E-state index in [1.54, 1.807) is 0 Å². The highest BCUT2D eigenvalue weighted by molar-refractivity contribution is 5.98. The third-order valence-electron chi connectivity index (χ3n) is 5.03. The molecule has 0 bridgehead atoms. The molecule has 3 rings (SSSR count). The van der Waals surface area contributed by atoms with Gasteiger partial charge in [0, 0.05) is 30.4 Å². The average Bonchev–Trinajstić information content (AvgIpc) is 2.87. The summed E-state index contributed by atoms with van der Waals surface area (Å²) >= 11 is 0. The number of aryl methyl sites for hydroxylation is 1. The first-order valence-corrected chi connectivity index (χ1v) is 8.60. The maximum Gasteiger partial charge on any atom is 0.326 e. The lowest BCUT2D eigenvalue weighted by atomic mass is 9.93. The number of hydrogen-bond donors (Lipinski definition) is 1. The van der Waals surface area contributed by atoms with E-state index in [-0.39, 0.29) is 11.9 Å². The second kappa shape index (κ2) is 6.39. The Kier molecular flexibility index (Phi) is 4.41. The molecule has 2 aromatic rings. The van der Waals surface area contributed by atoms with E-state index in [0.717, 1.165) is 22.5 Å². The highest BCUT2D eigenvalue weighted by Gasteiger charge is 2.36. The predicted octanol–water partition coefficient (Wildman–Crippen LogP) is 3.34. The smallest absolute Gasteiger partial charge is 0.326 e. The summed E-state index contributed by atoms with van der Waals surface area (Å²) in [7, 11) is 0. The Morgan fingerprint density at radius 1 is 1.16 bits per heavy atom. The minimum atomic E-state index is -0.958. The maximum atomic E-state index is 13.2. The van der Waals surface area contributed by atoms with Gasteiger partial charge in [0.2, 0.25) is 0 Å². The van der Waals surface area contributed by atoms with Crippen LogP contribution in [-0.4, -0.2) is 32.5 Å². The van der Waals surface area contributed by atoms with Crippen LogP contribution in [0.5, 0.6) is 0 Å². The van der Waals surface area contributed by atoms with Crippen LogP contribution in [-0.2, 0) is 17.8 Å². The van der Waals surface area contributed by atoms with Crippen LogP contribution in [0.1, 0.15) is 52.8 Å². The van der Waals surface area contributed by atoms with Crippen LogP contribution in [0, 0.1) is 13.8 Å². The molecule has 0 saturated heterocycles. The molecule has 5 heteroatoms. The predicted molar refractivity (Wildman–Crippen MR) is 95.7 cm³/mol. The van der Waals surface area contributed by atoms with Crippen molar-refractivity contribution in [1.29, 1.82) is 0 Å². The number of hydrogen-bond acceptors (Lipinski definition) is 2. The highest BCUT2D eigenvalue weighted by atomic mass is 16.4. The molecule has 0 radical (unpaired) electrons. The number of carboxylic acid groups (broad SMARTS) is 1. The Hall–Kier alpha value is -2.56. The van der Waals surface area contributed by atoms with E-state index >= 15 is 0 Å². The van der Waals surface area contributed by atoms with Gasteiger partial charge in [-0.15, -0.1) is 0 Å². The van der Waals surface area contributed by atoms with Crippen molar-refractivity contribution in [3.8, 4) is 0 Å². The van der Waals surface area contributed by atoms with Gasteiger partial charge in [0.05, 0.1) is 5.56 Å². The van der Waals surface area contributed by atoms with Crippen molar-refractivity contribution >= 4 is 11.9 Å². The van der Waals surface area contributed by atoms with Crippen LogP contribution >= 0.6 is 0 Å². The maximum absolute atomic E-state index is 13.2. The highest BCUT2D eigenvalue weighted by Crippen LogP contribution is 2.28. The average molecular weight is 340 g/mol. The van der Waals surface area contributed by atoms with Crippen molar-refractivity contribution < 1.29 is 14.7 Å². The van der Waals surface area contributed by atoms with Gasteiger partial charge in [-0.05, 0) is 44.9 Å². The number of aromatic nitrogens is 1. The minimum Gasteiger partial charge on any atom is -0.480 e. The van der Waals surface area contributed by atoms with Crippen LogP contribution in [0.4, 0.5) is 0 Å². The van der Waals surface area contributed by atoms with Crippen molar-refractivity contribution in [2.24, 2.45) is 0 Å². The molecule has 0 spiro atoms. The Labute approximate surface area is 147 Å². The van der Waals surface area contributed by atoms with E-state index in [4.69, 9.17) is 0 Å². The van der Waals surface area contributed by atoms with E-state index in [0.29, 0.717) is 18.5 Å². The number of rotatable bonds is 3. The number of fused-ring (bicyclic) bond motifs is 1. The standard InChI is InChI=1S/C20H24N2O3/c1-12(2)22-13(3)9-17(14(22)4)19(23)21-11-16-8-6-5-7-15(16)10-18(21)20(24)25/h5-9,12,18H,10-11H2,1-4H3,(H,24,25). The second-order valence-electron chi connectivity index (χ2n) is 7.01. The normalized spacial score (nSPS) is 16.8. The molecule has 1 aromatic carbocycles. The van der Waals surface area contributed by atoms with Crippen LogP contribution in [0.3, 0.4) is 0 Å². The number of nitrogens with zero attached hydrogens (tertiary/aromatic N) is 2. The van der Waals surface area contributed by atoms with Gasteiger partial charge in [0.25, 0.3) is 5.91 Å². The molecule has 0 fully saturated rings. The number of amides is 1. The van der Waals surface area contributed by atoms with Gasteiger partial charge >= 0.3 is 5.97 Å². The molecule has 0 saturated carbocycles. The van der Waals surface area contributed by atoms with Crippen molar-refractivity contribution in [2.45, 2.75) is 52.7 Å². The Morgan fingerprint density at radius 2 is 1.80 bits per heavy atom. The van der Waals surface area contributed by atoms with Crippen molar-refractivity contribution in [1.82, 2.24) is 9.47 Å². The number of carboxylic acids is 1. The summed E-state index contributed by atoms with van der Waals surface area (Å²) in [6, 6.07) is 9.03. The Bertz CT molecular complexity index is 835. The molecule has 0 aliphatic carbocycles. The zero-order chi connectivity index (χ0) is 18.3. The Balaban J connectivity index is 2.01. The third kappa shape index (κ3) is 2.95. The molecule has 1 aliphatic heterocycles. The monoisotopic (exact) mass is 340 g/mol. The number of benzene rings is 1. The van der Waals surface area contributed by atoms with Crippen LogP contribution in [0.25, 0.3) is 0 Å². The van der Waals surface area contributed by atoms with E-state index in [1.807, 2.05) is 44.2 Å². The SMILES string of the molecule is Cc1cc(C(=O)N2Cc3ccccc3CC2C(=O)O)c(C)n1C(C)C. The second-order valence-corrected chi connectivity index (χ2v) is 7.01. The van der Waals surface area contributed by atoms with E-state index in [2.05, 4.69) is 18.4 Å². The van der Waals surface area contributed by atoms with Gasteiger partial charge in [-0.1, -0.05) is 24.3 Å². The number of carbonyl (C=O) groups excluding carboxylic acids is 1. The molecule has 1 unspecified atom stereocenters. The summed E-state index contributed by atoms with van der Waals surface area (Å²) in [5.74, 6) is -1.16. The van der Waals surface area contributed by atoms with Gasteiger partial charge in [-0.25, -0.2) is 4.79 Å². The zero-order valence-electron chi connectivity index (χ0n) is 15.1. The number of aliphatic carboxylic acids is 1. The zero-order valence-corrected chi connectivity index (χ0v) is 15.1. The minimum absolute atomic E-state index is 0.207. The number of carbonyl (C=O) groups is 2. The van der Waals surface area contributed by atoms with Gasteiger partial charge in [0.1, 0.15) is 6.04 Å². The Morgan fingerprint density at radius 3 is 2.36 bits per heavy atom. The van der Waals surface area contributed by atoms with Crippen molar-refractivity contribution in [2.75, 3.05) is 0 Å². The van der Waals surface area contributed by atoms with Crippen LogP contribution in [0.15, 0.2) is 30.3 Å². The largest absolute Gasteiger partial charge is 0.480 e. The topological polar surface area (TPSA) is 62.5 Å². The first-order valence-electron chi connectivity index (χ1n) is 8.60. The summed E-state index contributed by atoms with van der Waals surface area (Å²) in [6.45, 7) is 8.38. The van der Waals surface area contributed by atoms with Crippen molar-refractivity contribution in [3.05, 3.63) is 58.4 Å². The lowest BCUT2D eigenvalue weighted by molar-refractivity contribution is -0.142. The quantitative estimate of drug-likeness (QED) is 0.932. The van der Waals surface area contributed by atoms with Gasteiger partial charge < -0.3 is 14.6 Å². The molecular formula is C20H24N2O3. The molecular weight excluding hydrogens is 316 g/mol. The van der Waals surface area contributed by atoms with E-state index in [1.165, 1.54) is 4.90 Å². The summed E-state index contributed by atoms with van der Waals surface area (Å²) in [5.41, 5.74) is 4.52. The first-order chi connectivity index (χ1) is 11.8. The summed E-state index contributed by atoms with van der Waals surface area (Å²) in [6.07, 6.45) is 0.347. The molecule has 1 N–H and O–H groups in total. The summed E-state index contributed by atoms with van der Waals surface area (Å²) in [5, 5.41) is 9.65. The van der Waals surface area contributed by atoms with Crippen molar-refractivity contribution in [3.63, 3.8) is 0 Å². The third-order valence-corrected chi connectivity index (χ3v) is 5.03. The lowest BCUT2D eigenvalue weighted by Crippen LogP contribution is -2.48. The first kappa shape index (κ1) is 17.3. The molecule has 1 aromatic heterocycles. The molecule has 132 valence electrons. The summed E-state index contributed by atoms with van der Waals surface area (Å²) < 4.78 is 2.11. The van der Waals surface area contributed by atoms with E-state index < -0.39 is 12.0 Å². The van der Waals surface area contributed by atoms with Crippen LogP contribution in [0.2, 0.25) is 0 Å². The van der Waals surface area contributed by atoms with E-state index in [9.17, 15) is 14.7 Å². The summed E-state index contributed by atoms with van der Waals surface area (Å²) in [4.78, 5) is 26.5.